The van der Waals surface area contributed by atoms with Crippen molar-refractivity contribution in [3.8, 4) is 0 Å². The van der Waals surface area contributed by atoms with Gasteiger partial charge in [-0.1, -0.05) is 23.7 Å². The highest BCUT2D eigenvalue weighted by Gasteiger charge is 2.13. The Balaban J connectivity index is 2.09. The number of rotatable bonds is 4. The van der Waals surface area contributed by atoms with Gasteiger partial charge in [0.05, 0.1) is 5.69 Å². The van der Waals surface area contributed by atoms with Gasteiger partial charge in [0.25, 0.3) is 0 Å². The lowest BCUT2D eigenvalue weighted by Crippen LogP contribution is -2.08. The molecule has 0 spiro atoms. The van der Waals surface area contributed by atoms with Crippen molar-refractivity contribution >= 4 is 17.4 Å². The predicted molar refractivity (Wildman–Crippen MR) is 76.5 cm³/mol. The largest absolute Gasteiger partial charge is 0.299 e. The first-order chi connectivity index (χ1) is 8.97. The molecule has 0 saturated heterocycles. The molecule has 0 aliphatic carbocycles. The molecule has 1 aromatic heterocycles. The van der Waals surface area contributed by atoms with Crippen LogP contribution in [0.1, 0.15) is 22.5 Å². The number of Topliss-reactive ketones (excluding diaryl/α,β-unsaturated/α-hetero) is 1. The minimum absolute atomic E-state index is 0.182. The lowest BCUT2D eigenvalue weighted by molar-refractivity contribution is -0.117. The number of carbonyl (C=O) groups is 1. The van der Waals surface area contributed by atoms with E-state index < -0.39 is 0 Å². The summed E-state index contributed by atoms with van der Waals surface area (Å²) in [5.41, 5.74) is 3.97. The third kappa shape index (κ3) is 3.24. The van der Waals surface area contributed by atoms with Crippen LogP contribution in [0, 0.1) is 13.8 Å². The zero-order valence-corrected chi connectivity index (χ0v) is 12.2. The average Bonchev–Trinajstić information content (AvgIpc) is 2.56. The van der Waals surface area contributed by atoms with Gasteiger partial charge < -0.3 is 0 Å². The standard InChI is InChI=1S/C15H17ClN2O/c1-10-15(11(2)18(3)17-10)9-14(19)8-12-5-4-6-13(16)7-12/h4-7H,8-9H2,1-3H3. The van der Waals surface area contributed by atoms with Gasteiger partial charge in [0.2, 0.25) is 0 Å². The Morgan fingerprint density at radius 3 is 2.63 bits per heavy atom. The second kappa shape index (κ2) is 5.57. The van der Waals surface area contributed by atoms with E-state index >= 15 is 0 Å². The third-order valence-electron chi connectivity index (χ3n) is 3.32. The molecule has 100 valence electrons. The Hall–Kier alpha value is -1.61. The molecule has 2 rings (SSSR count). The van der Waals surface area contributed by atoms with Gasteiger partial charge >= 0.3 is 0 Å². The lowest BCUT2D eigenvalue weighted by atomic mass is 10.0. The number of nitrogens with zero attached hydrogens (tertiary/aromatic N) is 2. The second-order valence-corrected chi connectivity index (χ2v) is 5.23. The number of benzene rings is 1. The van der Waals surface area contributed by atoms with Crippen molar-refractivity contribution in [2.24, 2.45) is 7.05 Å². The first-order valence-corrected chi connectivity index (χ1v) is 6.60. The summed E-state index contributed by atoms with van der Waals surface area (Å²) in [6, 6.07) is 7.44. The Morgan fingerprint density at radius 1 is 1.32 bits per heavy atom. The summed E-state index contributed by atoms with van der Waals surface area (Å²) in [5.74, 6) is 0.182. The van der Waals surface area contributed by atoms with Crippen molar-refractivity contribution in [3.05, 3.63) is 51.8 Å². The minimum Gasteiger partial charge on any atom is -0.299 e. The Kier molecular flexibility index (Phi) is 4.05. The fourth-order valence-corrected chi connectivity index (χ4v) is 2.42. The van der Waals surface area contributed by atoms with E-state index in [4.69, 9.17) is 11.6 Å². The van der Waals surface area contributed by atoms with E-state index in [-0.39, 0.29) is 5.78 Å². The van der Waals surface area contributed by atoms with Crippen LogP contribution < -0.4 is 0 Å². The number of halogens is 1. The molecule has 0 aliphatic heterocycles. The zero-order chi connectivity index (χ0) is 14.0. The van der Waals surface area contributed by atoms with Crippen LogP contribution in [0.3, 0.4) is 0 Å². The maximum absolute atomic E-state index is 12.1. The maximum Gasteiger partial charge on any atom is 0.141 e. The van der Waals surface area contributed by atoms with Crippen LogP contribution in [-0.2, 0) is 24.7 Å². The molecule has 0 saturated carbocycles. The molecule has 0 atom stereocenters. The average molecular weight is 277 g/mol. The van der Waals surface area contributed by atoms with Gasteiger partial charge in [-0.15, -0.1) is 0 Å². The van der Waals surface area contributed by atoms with Crippen LogP contribution in [0.2, 0.25) is 5.02 Å². The van der Waals surface area contributed by atoms with Gasteiger partial charge in [-0.25, -0.2) is 0 Å². The number of ketones is 1. The van der Waals surface area contributed by atoms with Gasteiger partial charge in [-0.05, 0) is 31.5 Å². The van der Waals surface area contributed by atoms with Crippen LogP contribution >= 0.6 is 11.6 Å². The highest BCUT2D eigenvalue weighted by atomic mass is 35.5. The summed E-state index contributed by atoms with van der Waals surface area (Å²) in [7, 11) is 1.90. The van der Waals surface area contributed by atoms with Gasteiger partial charge in [-0.3, -0.25) is 9.48 Å². The summed E-state index contributed by atoms with van der Waals surface area (Å²) in [6.07, 6.45) is 0.840. The topological polar surface area (TPSA) is 34.9 Å². The van der Waals surface area contributed by atoms with Gasteiger partial charge in [-0.2, -0.15) is 5.10 Å². The normalized spacial score (nSPS) is 10.7. The van der Waals surface area contributed by atoms with Gasteiger partial charge in [0, 0.05) is 36.2 Å². The molecule has 1 aromatic carbocycles. The van der Waals surface area contributed by atoms with Crippen molar-refractivity contribution in [3.63, 3.8) is 0 Å². The molecular weight excluding hydrogens is 260 g/mol. The highest BCUT2D eigenvalue weighted by Crippen LogP contribution is 2.15. The Morgan fingerprint density at radius 2 is 2.05 bits per heavy atom. The van der Waals surface area contributed by atoms with Crippen molar-refractivity contribution in [1.82, 2.24) is 9.78 Å². The fraction of sp³-hybridized carbons (Fsp3) is 0.333. The van der Waals surface area contributed by atoms with Gasteiger partial charge in [0.1, 0.15) is 5.78 Å². The first-order valence-electron chi connectivity index (χ1n) is 6.22. The molecular formula is C15H17ClN2O. The molecule has 3 nitrogen and oxygen atoms in total. The van der Waals surface area contributed by atoms with E-state index in [2.05, 4.69) is 5.10 Å². The number of carbonyl (C=O) groups excluding carboxylic acids is 1. The van der Waals surface area contributed by atoms with Crippen LogP contribution in [0.15, 0.2) is 24.3 Å². The molecule has 0 fully saturated rings. The second-order valence-electron chi connectivity index (χ2n) is 4.80. The van der Waals surface area contributed by atoms with Crippen molar-refractivity contribution < 1.29 is 4.79 Å². The summed E-state index contributed by atoms with van der Waals surface area (Å²) in [4.78, 5) is 12.1. The molecule has 0 unspecified atom stereocenters. The van der Waals surface area contributed by atoms with E-state index in [9.17, 15) is 4.79 Å². The monoisotopic (exact) mass is 276 g/mol. The van der Waals surface area contributed by atoms with Crippen molar-refractivity contribution in [1.29, 1.82) is 0 Å². The summed E-state index contributed by atoms with van der Waals surface area (Å²) < 4.78 is 1.82. The molecule has 1 heterocycles. The molecule has 0 aliphatic rings. The Bertz CT molecular complexity index is 617. The summed E-state index contributed by atoms with van der Waals surface area (Å²) >= 11 is 5.92. The predicted octanol–water partition coefficient (Wildman–Crippen LogP) is 3.04. The lowest BCUT2D eigenvalue weighted by Gasteiger charge is -2.03. The number of aromatic nitrogens is 2. The molecule has 0 bridgehead atoms. The van der Waals surface area contributed by atoms with Crippen molar-refractivity contribution in [2.45, 2.75) is 26.7 Å². The van der Waals surface area contributed by atoms with E-state index in [1.54, 1.807) is 0 Å². The van der Waals surface area contributed by atoms with E-state index in [0.717, 1.165) is 22.5 Å². The van der Waals surface area contributed by atoms with Crippen LogP contribution in [0.4, 0.5) is 0 Å². The van der Waals surface area contributed by atoms with E-state index in [0.29, 0.717) is 17.9 Å². The number of aryl methyl sites for hydroxylation is 2. The smallest absolute Gasteiger partial charge is 0.141 e. The van der Waals surface area contributed by atoms with E-state index in [1.807, 2.05) is 49.8 Å². The summed E-state index contributed by atoms with van der Waals surface area (Å²) in [5, 5.41) is 4.99. The summed E-state index contributed by atoms with van der Waals surface area (Å²) in [6.45, 7) is 3.93. The zero-order valence-electron chi connectivity index (χ0n) is 11.4. The first kappa shape index (κ1) is 13.8. The fourth-order valence-electron chi connectivity index (χ4n) is 2.21. The Labute approximate surface area is 118 Å². The molecule has 0 radical (unpaired) electrons. The maximum atomic E-state index is 12.1. The number of hydrogen-bond acceptors (Lipinski definition) is 2. The molecule has 2 aromatic rings. The minimum atomic E-state index is 0.182. The molecule has 19 heavy (non-hydrogen) atoms. The molecule has 0 N–H and O–H groups in total. The highest BCUT2D eigenvalue weighted by molar-refractivity contribution is 6.30. The SMILES string of the molecule is Cc1nn(C)c(C)c1CC(=O)Cc1cccc(Cl)c1. The van der Waals surface area contributed by atoms with Crippen LogP contribution in [-0.4, -0.2) is 15.6 Å². The van der Waals surface area contributed by atoms with E-state index in [1.165, 1.54) is 0 Å². The quantitative estimate of drug-likeness (QED) is 0.860. The van der Waals surface area contributed by atoms with Crippen LogP contribution in [0.5, 0.6) is 0 Å². The third-order valence-corrected chi connectivity index (χ3v) is 3.56. The van der Waals surface area contributed by atoms with Crippen molar-refractivity contribution in [2.75, 3.05) is 0 Å². The molecule has 4 heteroatoms. The molecule has 0 amide bonds. The van der Waals surface area contributed by atoms with Crippen LogP contribution in [0.25, 0.3) is 0 Å². The van der Waals surface area contributed by atoms with Gasteiger partial charge in [0.15, 0.2) is 0 Å². The number of hydrogen-bond donors (Lipinski definition) is 0.